The summed E-state index contributed by atoms with van der Waals surface area (Å²) < 4.78 is 5.12. The summed E-state index contributed by atoms with van der Waals surface area (Å²) in [4.78, 5) is 10.9. The molecule has 1 atom stereocenters. The minimum absolute atomic E-state index is 0.0724. The topological polar surface area (TPSA) is 46.5 Å². The first-order valence-electron chi connectivity index (χ1n) is 5.74. The second-order valence-electron chi connectivity index (χ2n) is 4.54. The zero-order valence-electron chi connectivity index (χ0n) is 10.9. The van der Waals surface area contributed by atoms with Gasteiger partial charge in [0.25, 0.3) is 0 Å². The van der Waals surface area contributed by atoms with E-state index < -0.39 is 5.97 Å². The molecule has 3 heteroatoms. The SMILES string of the molecule is COCC(CC(=O)O)c1cc(C)c(C)cc1C. The van der Waals surface area contributed by atoms with E-state index in [2.05, 4.69) is 19.1 Å². The standard InChI is InChI=1S/C14H20O3/c1-9-5-11(3)13(6-10(9)2)12(8-17-4)7-14(15)16/h5-6,12H,7-8H2,1-4H3,(H,15,16). The monoisotopic (exact) mass is 236 g/mol. The number of aryl methyl sites for hydroxylation is 3. The Morgan fingerprint density at radius 2 is 1.82 bits per heavy atom. The Balaban J connectivity index is 3.08. The highest BCUT2D eigenvalue weighted by atomic mass is 16.5. The summed E-state index contributed by atoms with van der Waals surface area (Å²) in [5.74, 6) is -0.860. The minimum Gasteiger partial charge on any atom is -0.481 e. The number of hydrogen-bond acceptors (Lipinski definition) is 2. The Hall–Kier alpha value is -1.35. The van der Waals surface area contributed by atoms with Gasteiger partial charge in [-0.2, -0.15) is 0 Å². The highest BCUT2D eigenvalue weighted by Crippen LogP contribution is 2.26. The van der Waals surface area contributed by atoms with E-state index in [4.69, 9.17) is 9.84 Å². The molecule has 0 fully saturated rings. The maximum atomic E-state index is 10.9. The van der Waals surface area contributed by atoms with E-state index in [1.807, 2.05) is 13.8 Å². The van der Waals surface area contributed by atoms with E-state index in [1.165, 1.54) is 11.1 Å². The van der Waals surface area contributed by atoms with E-state index in [9.17, 15) is 4.79 Å². The molecule has 0 radical (unpaired) electrons. The molecule has 1 aromatic carbocycles. The molecule has 1 unspecified atom stereocenters. The number of aliphatic carboxylic acids is 1. The van der Waals surface area contributed by atoms with Gasteiger partial charge in [-0.05, 0) is 43.0 Å². The Morgan fingerprint density at radius 3 is 2.35 bits per heavy atom. The van der Waals surface area contributed by atoms with Crippen LogP contribution in [0.1, 0.15) is 34.6 Å². The smallest absolute Gasteiger partial charge is 0.304 e. The minimum atomic E-state index is -0.787. The van der Waals surface area contributed by atoms with Gasteiger partial charge in [-0.25, -0.2) is 0 Å². The fraction of sp³-hybridized carbons (Fsp3) is 0.500. The molecule has 0 aromatic heterocycles. The second kappa shape index (κ2) is 5.82. The zero-order chi connectivity index (χ0) is 13.0. The molecule has 3 nitrogen and oxygen atoms in total. The van der Waals surface area contributed by atoms with Gasteiger partial charge < -0.3 is 9.84 Å². The summed E-state index contributed by atoms with van der Waals surface area (Å²) in [6.07, 6.45) is 0.108. The molecule has 0 spiro atoms. The summed E-state index contributed by atoms with van der Waals surface area (Å²) in [6.45, 7) is 6.57. The number of benzene rings is 1. The van der Waals surface area contributed by atoms with Crippen molar-refractivity contribution >= 4 is 5.97 Å². The number of hydrogen-bond donors (Lipinski definition) is 1. The van der Waals surface area contributed by atoms with E-state index >= 15 is 0 Å². The summed E-state index contributed by atoms with van der Waals surface area (Å²) in [5.41, 5.74) is 4.64. The third-order valence-electron chi connectivity index (χ3n) is 3.11. The van der Waals surface area contributed by atoms with Gasteiger partial charge in [-0.15, -0.1) is 0 Å². The summed E-state index contributed by atoms with van der Waals surface area (Å²) in [6, 6.07) is 4.19. The molecular formula is C14H20O3. The predicted molar refractivity (Wildman–Crippen MR) is 67.5 cm³/mol. The van der Waals surface area contributed by atoms with Gasteiger partial charge in [0.2, 0.25) is 0 Å². The number of carboxylic acids is 1. The third kappa shape index (κ3) is 3.56. The number of methoxy groups -OCH3 is 1. The van der Waals surface area contributed by atoms with Gasteiger partial charge in [-0.1, -0.05) is 12.1 Å². The van der Waals surface area contributed by atoms with Crippen molar-refractivity contribution < 1.29 is 14.6 Å². The Morgan fingerprint density at radius 1 is 1.24 bits per heavy atom. The lowest BCUT2D eigenvalue weighted by Gasteiger charge is -2.18. The summed E-state index contributed by atoms with van der Waals surface area (Å²) >= 11 is 0. The maximum Gasteiger partial charge on any atom is 0.304 e. The largest absolute Gasteiger partial charge is 0.481 e. The molecule has 0 saturated heterocycles. The van der Waals surface area contributed by atoms with Crippen LogP contribution in [0.5, 0.6) is 0 Å². The molecule has 0 heterocycles. The molecule has 0 bridgehead atoms. The van der Waals surface area contributed by atoms with Crippen LogP contribution in [0.3, 0.4) is 0 Å². The molecule has 0 amide bonds. The quantitative estimate of drug-likeness (QED) is 0.855. The van der Waals surface area contributed by atoms with Crippen molar-refractivity contribution in [3.8, 4) is 0 Å². The predicted octanol–water partition coefficient (Wildman–Crippen LogP) is 2.82. The van der Waals surface area contributed by atoms with Crippen LogP contribution in [0.2, 0.25) is 0 Å². The van der Waals surface area contributed by atoms with E-state index in [1.54, 1.807) is 7.11 Å². The first-order valence-corrected chi connectivity index (χ1v) is 5.74. The Bertz CT molecular complexity index is 410. The molecule has 0 aliphatic rings. The van der Waals surface area contributed by atoms with Gasteiger partial charge >= 0.3 is 5.97 Å². The molecule has 1 rings (SSSR count). The Labute approximate surface area is 102 Å². The van der Waals surface area contributed by atoms with E-state index in [0.29, 0.717) is 6.61 Å². The lowest BCUT2D eigenvalue weighted by Crippen LogP contribution is -2.13. The molecule has 17 heavy (non-hydrogen) atoms. The summed E-state index contributed by atoms with van der Waals surface area (Å²) in [5, 5.41) is 8.93. The molecule has 1 aromatic rings. The van der Waals surface area contributed by atoms with Crippen molar-refractivity contribution in [1.82, 2.24) is 0 Å². The van der Waals surface area contributed by atoms with Crippen molar-refractivity contribution in [2.45, 2.75) is 33.1 Å². The number of ether oxygens (including phenoxy) is 1. The molecule has 94 valence electrons. The van der Waals surface area contributed by atoms with Crippen molar-refractivity contribution in [1.29, 1.82) is 0 Å². The Kier molecular flexibility index (Phi) is 4.70. The van der Waals surface area contributed by atoms with Crippen LogP contribution < -0.4 is 0 Å². The molecule has 1 N–H and O–H groups in total. The molecular weight excluding hydrogens is 216 g/mol. The molecule has 0 aliphatic carbocycles. The van der Waals surface area contributed by atoms with Crippen molar-refractivity contribution in [2.75, 3.05) is 13.7 Å². The zero-order valence-corrected chi connectivity index (χ0v) is 10.9. The fourth-order valence-corrected chi connectivity index (χ4v) is 2.09. The van der Waals surface area contributed by atoms with Gasteiger partial charge in [0.15, 0.2) is 0 Å². The lowest BCUT2D eigenvalue weighted by molar-refractivity contribution is -0.137. The van der Waals surface area contributed by atoms with Gasteiger partial charge in [0, 0.05) is 13.0 Å². The number of carboxylic acid groups (broad SMARTS) is 1. The van der Waals surface area contributed by atoms with Crippen molar-refractivity contribution in [3.63, 3.8) is 0 Å². The highest BCUT2D eigenvalue weighted by Gasteiger charge is 2.18. The summed E-state index contributed by atoms with van der Waals surface area (Å²) in [7, 11) is 1.60. The van der Waals surface area contributed by atoms with Gasteiger partial charge in [-0.3, -0.25) is 4.79 Å². The number of rotatable bonds is 5. The number of carbonyl (C=O) groups is 1. The van der Waals surface area contributed by atoms with Crippen molar-refractivity contribution in [3.05, 3.63) is 34.4 Å². The highest BCUT2D eigenvalue weighted by molar-refractivity contribution is 5.68. The first kappa shape index (κ1) is 13.7. The second-order valence-corrected chi connectivity index (χ2v) is 4.54. The van der Waals surface area contributed by atoms with Crippen LogP contribution in [0.4, 0.5) is 0 Å². The van der Waals surface area contributed by atoms with Crippen molar-refractivity contribution in [2.24, 2.45) is 0 Å². The van der Waals surface area contributed by atoms with E-state index in [-0.39, 0.29) is 12.3 Å². The van der Waals surface area contributed by atoms with Gasteiger partial charge in [0.05, 0.1) is 13.0 Å². The molecule has 0 saturated carbocycles. The van der Waals surface area contributed by atoms with Gasteiger partial charge in [0.1, 0.15) is 0 Å². The first-order chi connectivity index (χ1) is 7.95. The van der Waals surface area contributed by atoms with Crippen LogP contribution in [0, 0.1) is 20.8 Å². The van der Waals surface area contributed by atoms with Crippen LogP contribution in [-0.2, 0) is 9.53 Å². The molecule has 0 aliphatic heterocycles. The lowest BCUT2D eigenvalue weighted by atomic mass is 9.89. The van der Waals surface area contributed by atoms with Crippen LogP contribution in [-0.4, -0.2) is 24.8 Å². The normalized spacial score (nSPS) is 12.5. The van der Waals surface area contributed by atoms with Crippen LogP contribution in [0.15, 0.2) is 12.1 Å². The fourth-order valence-electron chi connectivity index (χ4n) is 2.09. The van der Waals surface area contributed by atoms with Crippen LogP contribution >= 0.6 is 0 Å². The van der Waals surface area contributed by atoms with E-state index in [0.717, 1.165) is 11.1 Å². The average molecular weight is 236 g/mol. The maximum absolute atomic E-state index is 10.9. The average Bonchev–Trinajstić information content (AvgIpc) is 2.22. The third-order valence-corrected chi connectivity index (χ3v) is 3.11. The van der Waals surface area contributed by atoms with Crippen LogP contribution in [0.25, 0.3) is 0 Å².